The molecule has 0 aliphatic carbocycles. The summed E-state index contributed by atoms with van der Waals surface area (Å²) < 4.78 is 55.1. The van der Waals surface area contributed by atoms with Crippen molar-refractivity contribution in [2.75, 3.05) is 0 Å². The molecule has 15 heavy (non-hydrogen) atoms. The monoisotopic (exact) mass is 290 g/mol. The Morgan fingerprint density at radius 2 is 0.867 bits per heavy atom. The molecule has 0 amide bonds. The van der Waals surface area contributed by atoms with Gasteiger partial charge in [-0.05, 0) is 0 Å². The van der Waals surface area contributed by atoms with Gasteiger partial charge in [-0.2, -0.15) is 0 Å². The average molecular weight is 290 g/mol. The predicted octanol–water partition coefficient (Wildman–Crippen LogP) is -1.96. The molecule has 0 aliphatic rings. The van der Waals surface area contributed by atoms with Crippen molar-refractivity contribution < 1.29 is 45.7 Å². The van der Waals surface area contributed by atoms with Gasteiger partial charge in [-0.1, -0.05) is 0 Å². The van der Waals surface area contributed by atoms with Gasteiger partial charge in [-0.15, -0.1) is 0 Å². The van der Waals surface area contributed by atoms with E-state index in [-0.39, 0.29) is 37.7 Å². The maximum Gasteiger partial charge on any atom is 2.00 e. The standard InChI is InChI=1S/2CH2O5S.Ca/c2*2-1(3)7(4,5)6;/h2*(H,2,3)(H,4,5,6);/q;;+2/p-2. The van der Waals surface area contributed by atoms with Gasteiger partial charge in [0.1, 0.15) is 0 Å². The van der Waals surface area contributed by atoms with Gasteiger partial charge in [0.05, 0.1) is 0 Å². The van der Waals surface area contributed by atoms with Crippen molar-refractivity contribution >= 4 is 68.6 Å². The normalized spacial score (nSPS) is 10.3. The molecule has 0 heterocycles. The first-order valence-corrected chi connectivity index (χ1v) is 5.08. The summed E-state index contributed by atoms with van der Waals surface area (Å²) in [6.45, 7) is 0. The number of hydrogen-bond donors (Lipinski definition) is 2. The van der Waals surface area contributed by atoms with E-state index in [0.29, 0.717) is 0 Å². The Kier molecular flexibility index (Phi) is 9.97. The molecule has 0 radical (unpaired) electrons. The zero-order valence-electron chi connectivity index (χ0n) is 6.68. The second-order valence-electron chi connectivity index (χ2n) is 1.44. The Hall–Kier alpha value is 0.0197. The van der Waals surface area contributed by atoms with Crippen LogP contribution in [-0.2, 0) is 20.2 Å². The summed E-state index contributed by atoms with van der Waals surface area (Å²) in [4.78, 5) is 18.2. The quantitative estimate of drug-likeness (QED) is 0.374. The Bertz CT molecular complexity index is 372. The van der Waals surface area contributed by atoms with E-state index in [4.69, 9.17) is 19.8 Å². The van der Waals surface area contributed by atoms with Crippen LogP contribution >= 0.6 is 0 Å². The topological polar surface area (TPSA) is 189 Å². The van der Waals surface area contributed by atoms with Crippen molar-refractivity contribution in [2.45, 2.75) is 0 Å². The first-order valence-electron chi connectivity index (χ1n) is 2.26. The summed E-state index contributed by atoms with van der Waals surface area (Å²) in [5.41, 5.74) is 0. The van der Waals surface area contributed by atoms with E-state index in [9.17, 15) is 25.9 Å². The largest absolute Gasteiger partial charge is 2.00 e. The maximum atomic E-state index is 9.18. The third-order valence-electron chi connectivity index (χ3n) is 0.428. The summed E-state index contributed by atoms with van der Waals surface area (Å²) in [5, 5.41) is 10.0. The summed E-state index contributed by atoms with van der Waals surface area (Å²) in [5.74, 6) is 0. The van der Waals surface area contributed by atoms with Crippen molar-refractivity contribution in [3.63, 3.8) is 0 Å². The maximum absolute atomic E-state index is 9.18. The van der Waals surface area contributed by atoms with Crippen LogP contribution in [0.4, 0.5) is 9.59 Å². The van der Waals surface area contributed by atoms with Crippen molar-refractivity contribution in [3.8, 4) is 0 Å². The average Bonchev–Trinajstić information content (AvgIpc) is 1.83. The molecule has 0 rings (SSSR count). The van der Waals surface area contributed by atoms with Gasteiger partial charge in [-0.3, -0.25) is 0 Å². The number of rotatable bonds is 0. The van der Waals surface area contributed by atoms with Gasteiger partial charge in [0.15, 0.2) is 20.2 Å². The summed E-state index contributed by atoms with van der Waals surface area (Å²) >= 11 is 0. The molecule has 13 heteroatoms. The zero-order chi connectivity index (χ0) is 12.2. The first kappa shape index (κ1) is 20.4. The van der Waals surface area contributed by atoms with Crippen LogP contribution in [0.3, 0.4) is 0 Å². The van der Waals surface area contributed by atoms with E-state index in [1.54, 1.807) is 0 Å². The molecule has 0 aromatic rings. The number of hydrogen-bond acceptors (Lipinski definition) is 8. The van der Waals surface area contributed by atoms with E-state index in [0.717, 1.165) is 0 Å². The van der Waals surface area contributed by atoms with Gasteiger partial charge < -0.3 is 19.3 Å². The molecule has 2 N–H and O–H groups in total. The molecule has 0 unspecified atom stereocenters. The minimum atomic E-state index is -5.07. The molecule has 84 valence electrons. The Morgan fingerprint density at radius 3 is 0.867 bits per heavy atom. The molecule has 0 aromatic carbocycles. The molecule has 0 aliphatic heterocycles. The number of carbonyl (C=O) groups is 2. The fraction of sp³-hybridized carbons (Fsp3) is 0. The van der Waals surface area contributed by atoms with Crippen molar-refractivity contribution in [3.05, 3.63) is 0 Å². The SMILES string of the molecule is O=C(O)S(=O)(=O)[O-].O=C(O)S(=O)(=O)[O-].[Ca+2]. The van der Waals surface area contributed by atoms with Crippen LogP contribution in [0.15, 0.2) is 0 Å². The molecule has 10 nitrogen and oxygen atoms in total. The third kappa shape index (κ3) is 14.0. The van der Waals surface area contributed by atoms with Crippen molar-refractivity contribution in [1.29, 1.82) is 0 Å². The van der Waals surface area contributed by atoms with Crippen LogP contribution in [0, 0.1) is 0 Å². The van der Waals surface area contributed by atoms with Gasteiger partial charge >= 0.3 is 48.3 Å². The molecule has 0 saturated carbocycles. The smallest absolute Gasteiger partial charge is 0.739 e. The molecule has 0 spiro atoms. The van der Waals surface area contributed by atoms with Crippen LogP contribution in [0.1, 0.15) is 0 Å². The van der Waals surface area contributed by atoms with E-state index in [1.165, 1.54) is 0 Å². The van der Waals surface area contributed by atoms with E-state index in [1.807, 2.05) is 0 Å². The molecule has 0 bridgehead atoms. The van der Waals surface area contributed by atoms with Crippen molar-refractivity contribution in [2.24, 2.45) is 0 Å². The molecule has 0 atom stereocenters. The van der Waals surface area contributed by atoms with Crippen LogP contribution < -0.4 is 0 Å². The minimum Gasteiger partial charge on any atom is -0.739 e. The third-order valence-corrected chi connectivity index (χ3v) is 1.28. The summed E-state index contributed by atoms with van der Waals surface area (Å²) in [6, 6.07) is 0. The van der Waals surface area contributed by atoms with Crippen LogP contribution in [0.5, 0.6) is 0 Å². The Labute approximate surface area is 113 Å². The second kappa shape index (κ2) is 7.32. The second-order valence-corrected chi connectivity index (χ2v) is 3.96. The van der Waals surface area contributed by atoms with Gasteiger partial charge in [0.2, 0.25) is 0 Å². The first-order chi connectivity index (χ1) is 5.89. The summed E-state index contributed by atoms with van der Waals surface area (Å²) in [6.07, 6.45) is 0. The van der Waals surface area contributed by atoms with Crippen LogP contribution in [-0.4, -0.2) is 84.5 Å². The fourth-order valence-corrected chi connectivity index (χ4v) is 0. The van der Waals surface area contributed by atoms with E-state index >= 15 is 0 Å². The van der Waals surface area contributed by atoms with Gasteiger partial charge in [0.25, 0.3) is 0 Å². The fourth-order valence-electron chi connectivity index (χ4n) is 0. The van der Waals surface area contributed by atoms with Gasteiger partial charge in [-0.25, -0.2) is 26.4 Å². The minimum absolute atomic E-state index is 0. The van der Waals surface area contributed by atoms with Crippen LogP contribution in [0.2, 0.25) is 0 Å². The van der Waals surface area contributed by atoms with E-state index in [2.05, 4.69) is 0 Å². The van der Waals surface area contributed by atoms with Crippen LogP contribution in [0.25, 0.3) is 0 Å². The Balaban J connectivity index is -0.000000180. The molecule has 0 aromatic heterocycles. The molecular formula is C2H2CaO10S2. The summed E-state index contributed by atoms with van der Waals surface area (Å²) in [7, 11) is -10.1. The van der Waals surface area contributed by atoms with Crippen molar-refractivity contribution in [1.82, 2.24) is 0 Å². The van der Waals surface area contributed by atoms with E-state index < -0.39 is 30.8 Å². The predicted molar refractivity (Wildman–Crippen MR) is 41.2 cm³/mol. The molecule has 0 fully saturated rings. The molecule has 0 saturated heterocycles. The molecular weight excluding hydrogens is 288 g/mol. The number of carboxylic acid groups (broad SMARTS) is 2. The van der Waals surface area contributed by atoms with Gasteiger partial charge in [0, 0.05) is 0 Å². The zero-order valence-corrected chi connectivity index (χ0v) is 10.5. The Morgan fingerprint density at radius 1 is 0.800 bits per heavy atom.